The molecular weight excluding hydrogens is 262 g/mol. The Balaban J connectivity index is 2.15. The molecule has 0 aromatic heterocycles. The number of aliphatic hydroxyl groups is 1. The fourth-order valence-corrected chi connectivity index (χ4v) is 3.27. The molecule has 3 heteroatoms. The SMILES string of the molecule is CC(C)C(C(=O)N1CCCC(C(C)O)C1)c1ccccc1. The summed E-state index contributed by atoms with van der Waals surface area (Å²) in [4.78, 5) is 14.9. The molecule has 0 spiro atoms. The van der Waals surface area contributed by atoms with Crippen LogP contribution in [-0.4, -0.2) is 35.1 Å². The molecule has 1 aromatic rings. The molecule has 3 unspecified atom stereocenters. The van der Waals surface area contributed by atoms with E-state index in [1.54, 1.807) is 0 Å². The molecule has 1 aliphatic rings. The second kappa shape index (κ2) is 7.08. The molecule has 1 fully saturated rings. The van der Waals surface area contributed by atoms with Crippen LogP contribution >= 0.6 is 0 Å². The van der Waals surface area contributed by atoms with E-state index >= 15 is 0 Å². The van der Waals surface area contributed by atoms with E-state index in [0.717, 1.165) is 24.9 Å². The number of piperidine rings is 1. The number of aliphatic hydroxyl groups excluding tert-OH is 1. The maximum Gasteiger partial charge on any atom is 0.230 e. The summed E-state index contributed by atoms with van der Waals surface area (Å²) in [5.74, 6) is 0.610. The molecule has 3 atom stereocenters. The molecule has 116 valence electrons. The lowest BCUT2D eigenvalue weighted by Crippen LogP contribution is -2.45. The van der Waals surface area contributed by atoms with Gasteiger partial charge in [-0.25, -0.2) is 0 Å². The topological polar surface area (TPSA) is 40.5 Å². The zero-order chi connectivity index (χ0) is 15.4. The first kappa shape index (κ1) is 16.0. The van der Waals surface area contributed by atoms with Crippen LogP contribution in [0.3, 0.4) is 0 Å². The van der Waals surface area contributed by atoms with Gasteiger partial charge in [0.1, 0.15) is 0 Å². The fraction of sp³-hybridized carbons (Fsp3) is 0.611. The van der Waals surface area contributed by atoms with Gasteiger partial charge in [0.05, 0.1) is 12.0 Å². The second-order valence-corrected chi connectivity index (χ2v) is 6.56. The maximum absolute atomic E-state index is 13.0. The number of carbonyl (C=O) groups excluding carboxylic acids is 1. The van der Waals surface area contributed by atoms with Gasteiger partial charge >= 0.3 is 0 Å². The second-order valence-electron chi connectivity index (χ2n) is 6.56. The largest absolute Gasteiger partial charge is 0.393 e. The predicted molar refractivity (Wildman–Crippen MR) is 85.0 cm³/mol. The van der Waals surface area contributed by atoms with E-state index in [2.05, 4.69) is 13.8 Å². The van der Waals surface area contributed by atoms with E-state index in [1.807, 2.05) is 42.2 Å². The Morgan fingerprint density at radius 1 is 1.24 bits per heavy atom. The van der Waals surface area contributed by atoms with Crippen molar-refractivity contribution >= 4 is 5.91 Å². The smallest absolute Gasteiger partial charge is 0.230 e. The summed E-state index contributed by atoms with van der Waals surface area (Å²) in [6.07, 6.45) is 1.66. The van der Waals surface area contributed by atoms with Gasteiger partial charge in [0.15, 0.2) is 0 Å². The third-order valence-electron chi connectivity index (χ3n) is 4.54. The molecular formula is C18H27NO2. The highest BCUT2D eigenvalue weighted by molar-refractivity contribution is 5.84. The standard InChI is InChI=1S/C18H27NO2/c1-13(2)17(15-8-5-4-6-9-15)18(21)19-11-7-10-16(12-19)14(3)20/h4-6,8-9,13-14,16-17,20H,7,10-12H2,1-3H3. The van der Waals surface area contributed by atoms with Crippen molar-refractivity contribution in [3.05, 3.63) is 35.9 Å². The van der Waals surface area contributed by atoms with Gasteiger partial charge in [0, 0.05) is 19.0 Å². The molecule has 2 rings (SSSR count). The summed E-state index contributed by atoms with van der Waals surface area (Å²) in [6, 6.07) is 10.0. The fourth-order valence-electron chi connectivity index (χ4n) is 3.27. The molecule has 0 aliphatic carbocycles. The minimum absolute atomic E-state index is 0.0843. The number of likely N-dealkylation sites (tertiary alicyclic amines) is 1. The van der Waals surface area contributed by atoms with Gasteiger partial charge in [0.25, 0.3) is 0 Å². The number of hydrogen-bond acceptors (Lipinski definition) is 2. The van der Waals surface area contributed by atoms with Crippen molar-refractivity contribution in [3.8, 4) is 0 Å². The lowest BCUT2D eigenvalue weighted by atomic mass is 9.85. The average Bonchev–Trinajstić information content (AvgIpc) is 2.48. The van der Waals surface area contributed by atoms with E-state index in [-0.39, 0.29) is 29.8 Å². The van der Waals surface area contributed by atoms with Gasteiger partial charge < -0.3 is 10.0 Å². The monoisotopic (exact) mass is 289 g/mol. The highest BCUT2D eigenvalue weighted by Gasteiger charge is 2.32. The molecule has 1 aliphatic heterocycles. The normalized spacial score (nSPS) is 22.1. The van der Waals surface area contributed by atoms with Crippen molar-refractivity contribution < 1.29 is 9.90 Å². The zero-order valence-corrected chi connectivity index (χ0v) is 13.3. The summed E-state index contributed by atoms with van der Waals surface area (Å²) in [7, 11) is 0. The minimum Gasteiger partial charge on any atom is -0.393 e. The van der Waals surface area contributed by atoms with Crippen LogP contribution in [0.1, 0.15) is 45.1 Å². The first-order chi connectivity index (χ1) is 10.0. The van der Waals surface area contributed by atoms with Crippen LogP contribution in [0.15, 0.2) is 30.3 Å². The van der Waals surface area contributed by atoms with Gasteiger partial charge in [-0.05, 0) is 31.2 Å². The third kappa shape index (κ3) is 3.85. The van der Waals surface area contributed by atoms with E-state index in [9.17, 15) is 9.90 Å². The van der Waals surface area contributed by atoms with Gasteiger partial charge in [-0.3, -0.25) is 4.79 Å². The Morgan fingerprint density at radius 2 is 1.90 bits per heavy atom. The number of amides is 1. The summed E-state index contributed by atoms with van der Waals surface area (Å²) >= 11 is 0. The molecule has 1 N–H and O–H groups in total. The molecule has 0 bridgehead atoms. The van der Waals surface area contributed by atoms with Crippen LogP contribution in [0.25, 0.3) is 0 Å². The van der Waals surface area contributed by atoms with E-state index in [0.29, 0.717) is 6.54 Å². The summed E-state index contributed by atoms with van der Waals surface area (Å²) < 4.78 is 0. The average molecular weight is 289 g/mol. The first-order valence-electron chi connectivity index (χ1n) is 8.02. The van der Waals surface area contributed by atoms with Gasteiger partial charge in [-0.1, -0.05) is 44.2 Å². The van der Waals surface area contributed by atoms with Crippen molar-refractivity contribution in [2.24, 2.45) is 11.8 Å². The quantitative estimate of drug-likeness (QED) is 0.925. The van der Waals surface area contributed by atoms with Crippen molar-refractivity contribution in [2.45, 2.75) is 45.6 Å². The highest BCUT2D eigenvalue weighted by Crippen LogP contribution is 2.29. The Hall–Kier alpha value is -1.35. The van der Waals surface area contributed by atoms with Crippen LogP contribution < -0.4 is 0 Å². The maximum atomic E-state index is 13.0. The lowest BCUT2D eigenvalue weighted by Gasteiger charge is -2.37. The van der Waals surface area contributed by atoms with Crippen LogP contribution in [0, 0.1) is 11.8 Å². The van der Waals surface area contributed by atoms with E-state index in [1.165, 1.54) is 0 Å². The molecule has 1 heterocycles. The number of rotatable bonds is 4. The van der Waals surface area contributed by atoms with Crippen molar-refractivity contribution in [3.63, 3.8) is 0 Å². The van der Waals surface area contributed by atoms with Crippen LogP contribution in [-0.2, 0) is 4.79 Å². The van der Waals surface area contributed by atoms with Gasteiger partial charge in [-0.15, -0.1) is 0 Å². The number of hydrogen-bond donors (Lipinski definition) is 1. The molecule has 0 radical (unpaired) electrons. The van der Waals surface area contributed by atoms with Crippen LogP contribution in [0.4, 0.5) is 0 Å². The minimum atomic E-state index is -0.338. The van der Waals surface area contributed by atoms with Crippen LogP contribution in [0.5, 0.6) is 0 Å². The molecule has 21 heavy (non-hydrogen) atoms. The summed E-state index contributed by atoms with van der Waals surface area (Å²) in [5.41, 5.74) is 1.09. The van der Waals surface area contributed by atoms with Crippen molar-refractivity contribution in [1.29, 1.82) is 0 Å². The Morgan fingerprint density at radius 3 is 2.48 bits per heavy atom. The van der Waals surface area contributed by atoms with Gasteiger partial charge in [-0.2, -0.15) is 0 Å². The Kier molecular flexibility index (Phi) is 5.40. The van der Waals surface area contributed by atoms with Crippen molar-refractivity contribution in [2.75, 3.05) is 13.1 Å². The predicted octanol–water partition coefficient (Wildman–Crippen LogP) is 3.05. The van der Waals surface area contributed by atoms with Crippen LogP contribution in [0.2, 0.25) is 0 Å². The van der Waals surface area contributed by atoms with Crippen molar-refractivity contribution in [1.82, 2.24) is 4.90 Å². The molecule has 3 nitrogen and oxygen atoms in total. The Bertz CT molecular complexity index is 456. The molecule has 1 amide bonds. The summed E-state index contributed by atoms with van der Waals surface area (Å²) in [5, 5.41) is 9.80. The highest BCUT2D eigenvalue weighted by atomic mass is 16.3. The number of benzene rings is 1. The lowest BCUT2D eigenvalue weighted by molar-refractivity contribution is -0.136. The Labute approximate surface area is 128 Å². The third-order valence-corrected chi connectivity index (χ3v) is 4.54. The number of carbonyl (C=O) groups is 1. The van der Waals surface area contributed by atoms with Gasteiger partial charge in [0.2, 0.25) is 5.91 Å². The zero-order valence-electron chi connectivity index (χ0n) is 13.3. The molecule has 1 saturated heterocycles. The number of nitrogens with zero attached hydrogens (tertiary/aromatic N) is 1. The van der Waals surface area contributed by atoms with E-state index in [4.69, 9.17) is 0 Å². The van der Waals surface area contributed by atoms with E-state index < -0.39 is 0 Å². The molecule has 0 saturated carbocycles. The molecule has 1 aromatic carbocycles. The first-order valence-corrected chi connectivity index (χ1v) is 8.02. The summed E-state index contributed by atoms with van der Waals surface area (Å²) in [6.45, 7) is 7.54.